The van der Waals surface area contributed by atoms with Crippen LogP contribution in [-0.2, 0) is 17.7 Å². The smallest absolute Gasteiger partial charge is 0.358 e. The number of piperazine rings is 1. The molecule has 0 bridgehead atoms. The molecule has 11 heteroatoms. The Morgan fingerprint density at radius 3 is 2.34 bits per heavy atom. The number of carbonyl (C=O) groups is 1. The molecule has 248 valence electrons. The van der Waals surface area contributed by atoms with Gasteiger partial charge in [-0.1, -0.05) is 39.8 Å². The number of H-pyrrole nitrogens is 1. The molecule has 1 aromatic carbocycles. The van der Waals surface area contributed by atoms with Gasteiger partial charge in [0.15, 0.2) is 17.3 Å². The van der Waals surface area contributed by atoms with Crippen LogP contribution in [0.15, 0.2) is 23.0 Å². The maximum absolute atomic E-state index is 12.8. The molecular formula is C33H56N6O5. The number of aryl methyl sites for hydroxylation is 1. The number of carbonyl (C=O) groups excluding carboxylic acids is 1. The van der Waals surface area contributed by atoms with Crippen molar-refractivity contribution in [1.82, 2.24) is 19.8 Å². The number of aliphatic hydroxyl groups is 1. The number of nitrogen functional groups attached to an aromatic ring is 1. The zero-order chi connectivity index (χ0) is 32.6. The lowest BCUT2D eigenvalue weighted by Gasteiger charge is -2.47. The minimum atomic E-state index is -0.666. The molecule has 1 unspecified atom stereocenters. The van der Waals surface area contributed by atoms with Crippen molar-refractivity contribution >= 4 is 17.6 Å². The fourth-order valence-corrected chi connectivity index (χ4v) is 5.82. The van der Waals surface area contributed by atoms with Gasteiger partial charge in [0, 0.05) is 50.4 Å². The number of hydrogen-bond donors (Lipinski definition) is 3. The standard InChI is InChI=1S/C29H44N6O4.C2H6O.C2H6/c1-5-20-9-10-21(24(17-20)38-7-3)18-33-13-11-23(12-14-33)35-16-15-34(19-22(35)6-2)27-28(36)31-25(26(30)32-27)29(37)39-8-4;1-2-3;1-2/h9-10,17,22-23H,5-8,11-16,18-19H2,1-4H3,(H2,30,32)(H,31,36);3H,2H2,1H3;1-2H3. The largest absolute Gasteiger partial charge is 0.494 e. The summed E-state index contributed by atoms with van der Waals surface area (Å²) in [5.74, 6) is 0.608. The SMILES string of the molecule is CC.CCO.CCOC(=O)c1[nH]c(=O)c(N2CCN(C3CCN(Cc4ccc(CC)cc4OCC)CC3)C(CC)C2)nc1N. The molecule has 44 heavy (non-hydrogen) atoms. The second kappa shape index (κ2) is 19.3. The lowest BCUT2D eigenvalue weighted by atomic mass is 9.97. The van der Waals surface area contributed by atoms with E-state index < -0.39 is 11.5 Å². The zero-order valence-corrected chi connectivity index (χ0v) is 28.0. The number of aliphatic hydroxyl groups excluding tert-OH is 1. The van der Waals surface area contributed by atoms with Crippen molar-refractivity contribution in [2.75, 3.05) is 63.2 Å². The molecule has 3 heterocycles. The van der Waals surface area contributed by atoms with Gasteiger partial charge in [-0.3, -0.25) is 14.6 Å². The van der Waals surface area contributed by atoms with E-state index in [1.54, 1.807) is 13.8 Å². The number of nitrogens with one attached hydrogen (secondary N) is 1. The highest BCUT2D eigenvalue weighted by Gasteiger charge is 2.34. The van der Waals surface area contributed by atoms with Gasteiger partial charge in [0.25, 0.3) is 5.56 Å². The first-order chi connectivity index (χ1) is 21.3. The molecule has 2 aliphatic heterocycles. The summed E-state index contributed by atoms with van der Waals surface area (Å²) in [4.78, 5) is 39.0. The Morgan fingerprint density at radius 2 is 1.75 bits per heavy atom. The lowest BCUT2D eigenvalue weighted by Crippen LogP contribution is -2.59. The minimum Gasteiger partial charge on any atom is -0.494 e. The van der Waals surface area contributed by atoms with E-state index in [2.05, 4.69) is 51.8 Å². The molecule has 0 spiro atoms. The zero-order valence-electron chi connectivity index (χ0n) is 28.0. The number of benzene rings is 1. The second-order valence-electron chi connectivity index (χ2n) is 10.7. The number of rotatable bonds is 10. The average Bonchev–Trinajstić information content (AvgIpc) is 3.04. The summed E-state index contributed by atoms with van der Waals surface area (Å²) in [6.45, 7) is 20.2. The average molecular weight is 617 g/mol. The Kier molecular flexibility index (Phi) is 16.2. The van der Waals surface area contributed by atoms with Crippen molar-refractivity contribution in [3.8, 4) is 5.75 Å². The van der Waals surface area contributed by atoms with Gasteiger partial charge in [-0.15, -0.1) is 0 Å². The van der Waals surface area contributed by atoms with Crippen LogP contribution in [0.25, 0.3) is 0 Å². The third kappa shape index (κ3) is 9.93. The van der Waals surface area contributed by atoms with Crippen molar-refractivity contribution in [3.63, 3.8) is 0 Å². The summed E-state index contributed by atoms with van der Waals surface area (Å²) < 4.78 is 10.9. The number of piperidine rings is 1. The Labute approximate surface area is 263 Å². The Bertz CT molecular complexity index is 1200. The lowest BCUT2D eigenvalue weighted by molar-refractivity contribution is 0.0519. The highest BCUT2D eigenvalue weighted by Crippen LogP contribution is 2.28. The van der Waals surface area contributed by atoms with Crippen LogP contribution in [0.4, 0.5) is 11.6 Å². The van der Waals surface area contributed by atoms with Gasteiger partial charge in [0.2, 0.25) is 0 Å². The number of likely N-dealkylation sites (tertiary alicyclic amines) is 1. The molecular weight excluding hydrogens is 560 g/mol. The van der Waals surface area contributed by atoms with Gasteiger partial charge < -0.3 is 30.2 Å². The number of aromatic amines is 1. The molecule has 0 amide bonds. The molecule has 4 rings (SSSR count). The first kappa shape index (κ1) is 37.0. The molecule has 2 saturated heterocycles. The van der Waals surface area contributed by atoms with E-state index in [1.807, 2.05) is 25.7 Å². The highest BCUT2D eigenvalue weighted by atomic mass is 16.5. The normalized spacial score (nSPS) is 17.6. The number of nitrogens with two attached hydrogens (primary N) is 1. The maximum atomic E-state index is 12.8. The van der Waals surface area contributed by atoms with Crippen LogP contribution in [0.5, 0.6) is 5.75 Å². The van der Waals surface area contributed by atoms with Crippen LogP contribution >= 0.6 is 0 Å². The molecule has 11 nitrogen and oxygen atoms in total. The van der Waals surface area contributed by atoms with Crippen LogP contribution < -0.4 is 20.9 Å². The van der Waals surface area contributed by atoms with Crippen molar-refractivity contribution in [3.05, 3.63) is 45.4 Å². The van der Waals surface area contributed by atoms with Crippen LogP contribution in [0, 0.1) is 0 Å². The van der Waals surface area contributed by atoms with Crippen LogP contribution in [-0.4, -0.2) is 95.5 Å². The van der Waals surface area contributed by atoms with Gasteiger partial charge in [0.1, 0.15) is 5.75 Å². The maximum Gasteiger partial charge on any atom is 0.358 e. The number of anilines is 2. The first-order valence-electron chi connectivity index (χ1n) is 16.4. The number of nitrogens with zero attached hydrogens (tertiary/aromatic N) is 4. The predicted octanol–water partition coefficient (Wildman–Crippen LogP) is 4.08. The van der Waals surface area contributed by atoms with E-state index in [1.165, 1.54) is 11.1 Å². The third-order valence-electron chi connectivity index (χ3n) is 7.96. The van der Waals surface area contributed by atoms with E-state index in [9.17, 15) is 9.59 Å². The highest BCUT2D eigenvalue weighted by molar-refractivity contribution is 5.92. The van der Waals surface area contributed by atoms with Gasteiger partial charge in [-0.05, 0) is 71.2 Å². The van der Waals surface area contributed by atoms with Gasteiger partial charge >= 0.3 is 5.97 Å². The molecule has 4 N–H and O–H groups in total. The minimum absolute atomic E-state index is 0.0114. The van der Waals surface area contributed by atoms with Crippen molar-refractivity contribution in [2.45, 2.75) is 92.8 Å². The summed E-state index contributed by atoms with van der Waals surface area (Å²) >= 11 is 0. The third-order valence-corrected chi connectivity index (χ3v) is 7.96. The summed E-state index contributed by atoms with van der Waals surface area (Å²) in [5, 5.41) is 7.57. The molecule has 0 radical (unpaired) electrons. The van der Waals surface area contributed by atoms with Crippen LogP contribution in [0.3, 0.4) is 0 Å². The molecule has 2 aliphatic rings. The van der Waals surface area contributed by atoms with E-state index in [0.29, 0.717) is 31.8 Å². The van der Waals surface area contributed by atoms with E-state index >= 15 is 0 Å². The Hall–Kier alpha value is -3.15. The van der Waals surface area contributed by atoms with E-state index in [4.69, 9.17) is 20.3 Å². The van der Waals surface area contributed by atoms with Gasteiger partial charge in [0.05, 0.1) is 13.2 Å². The van der Waals surface area contributed by atoms with Crippen molar-refractivity contribution < 1.29 is 19.4 Å². The molecule has 2 fully saturated rings. The van der Waals surface area contributed by atoms with Crippen molar-refractivity contribution in [1.29, 1.82) is 0 Å². The molecule has 1 aromatic heterocycles. The number of hydrogen-bond acceptors (Lipinski definition) is 10. The van der Waals surface area contributed by atoms with Crippen LogP contribution in [0.1, 0.15) is 89.3 Å². The Balaban J connectivity index is 0.00000127. The fraction of sp³-hybridized carbons (Fsp3) is 0.667. The van der Waals surface area contributed by atoms with Gasteiger partial charge in [-0.2, -0.15) is 0 Å². The molecule has 0 aliphatic carbocycles. The monoisotopic (exact) mass is 616 g/mol. The number of aromatic nitrogens is 2. The van der Waals surface area contributed by atoms with Crippen LogP contribution in [0.2, 0.25) is 0 Å². The second-order valence-corrected chi connectivity index (χ2v) is 10.7. The van der Waals surface area contributed by atoms with Gasteiger partial charge in [-0.25, -0.2) is 9.78 Å². The topological polar surface area (TPSA) is 137 Å². The van der Waals surface area contributed by atoms with Crippen molar-refractivity contribution in [2.24, 2.45) is 0 Å². The summed E-state index contributed by atoms with van der Waals surface area (Å²) in [7, 11) is 0. The van der Waals surface area contributed by atoms with E-state index in [0.717, 1.165) is 57.6 Å². The first-order valence-corrected chi connectivity index (χ1v) is 16.4. The number of ether oxygens (including phenoxy) is 2. The quantitative estimate of drug-likeness (QED) is 0.335. The predicted molar refractivity (Wildman–Crippen MR) is 178 cm³/mol. The summed E-state index contributed by atoms with van der Waals surface area (Å²) in [5.41, 5.74) is 8.09. The summed E-state index contributed by atoms with van der Waals surface area (Å²) in [6, 6.07) is 7.46. The molecule has 2 aromatic rings. The fourth-order valence-electron chi connectivity index (χ4n) is 5.82. The van der Waals surface area contributed by atoms with E-state index in [-0.39, 0.29) is 30.5 Å². The summed E-state index contributed by atoms with van der Waals surface area (Å²) in [6.07, 6.45) is 4.22. The Morgan fingerprint density at radius 1 is 1.07 bits per heavy atom. The molecule has 1 atom stereocenters. The number of esters is 1. The molecule has 0 saturated carbocycles.